The Morgan fingerprint density at radius 3 is 2.94 bits per heavy atom. The first kappa shape index (κ1) is 11.1. The van der Waals surface area contributed by atoms with Gasteiger partial charge in [0.05, 0.1) is 11.8 Å². The summed E-state index contributed by atoms with van der Waals surface area (Å²) < 4.78 is 3.26. The summed E-state index contributed by atoms with van der Waals surface area (Å²) in [6, 6.07) is 8.58. The molecule has 0 fully saturated rings. The number of benzene rings is 1. The van der Waals surface area contributed by atoms with Gasteiger partial charge in [0.1, 0.15) is 0 Å². The van der Waals surface area contributed by atoms with Gasteiger partial charge in [-0.05, 0) is 36.2 Å². The van der Waals surface area contributed by atoms with Crippen molar-refractivity contribution >= 4 is 15.9 Å². The molecule has 1 aliphatic rings. The number of hydrogen-bond donors (Lipinski definition) is 1. The maximum atomic E-state index is 9.53. The molecule has 0 saturated heterocycles. The van der Waals surface area contributed by atoms with E-state index >= 15 is 0 Å². The number of aliphatic hydroxyl groups excluding tert-OH is 1. The quantitative estimate of drug-likeness (QED) is 0.771. The van der Waals surface area contributed by atoms with Gasteiger partial charge in [0.25, 0.3) is 0 Å². The van der Waals surface area contributed by atoms with Crippen LogP contribution in [0.3, 0.4) is 0 Å². The summed E-state index contributed by atoms with van der Waals surface area (Å²) in [6.07, 6.45) is 2.76. The molecular formula is C14H14BrNO. The average Bonchev–Trinajstić information content (AvgIpc) is 2.78. The van der Waals surface area contributed by atoms with Gasteiger partial charge < -0.3 is 9.67 Å². The zero-order chi connectivity index (χ0) is 12.0. The minimum atomic E-state index is -0.317. The molecular weight excluding hydrogens is 278 g/mol. The van der Waals surface area contributed by atoms with Crippen LogP contribution in [0.2, 0.25) is 0 Å². The molecule has 17 heavy (non-hydrogen) atoms. The smallest absolute Gasteiger partial charge is 0.0691 e. The predicted molar refractivity (Wildman–Crippen MR) is 72.1 cm³/mol. The molecule has 1 N–H and O–H groups in total. The third-order valence-electron chi connectivity index (χ3n) is 3.22. The van der Waals surface area contributed by atoms with E-state index in [0.29, 0.717) is 6.54 Å². The lowest BCUT2D eigenvalue weighted by atomic mass is 10.1. The second-order valence-electron chi connectivity index (χ2n) is 4.67. The molecule has 88 valence electrons. The number of fused-ring (bicyclic) bond motifs is 3. The van der Waals surface area contributed by atoms with E-state index in [1.54, 1.807) is 0 Å². The zero-order valence-electron chi connectivity index (χ0n) is 9.65. The van der Waals surface area contributed by atoms with Gasteiger partial charge in [-0.1, -0.05) is 22.0 Å². The number of rotatable bonds is 2. The van der Waals surface area contributed by atoms with Crippen LogP contribution >= 0.6 is 15.9 Å². The Balaban J connectivity index is 2.12. The van der Waals surface area contributed by atoms with Crippen LogP contribution in [-0.4, -0.2) is 15.8 Å². The molecule has 0 spiro atoms. The van der Waals surface area contributed by atoms with Crippen LogP contribution in [0.15, 0.2) is 34.9 Å². The van der Waals surface area contributed by atoms with E-state index in [-0.39, 0.29) is 6.10 Å². The van der Waals surface area contributed by atoms with Gasteiger partial charge in [0.2, 0.25) is 0 Å². The molecule has 1 heterocycles. The maximum Gasteiger partial charge on any atom is 0.0691 e. The van der Waals surface area contributed by atoms with Crippen LogP contribution < -0.4 is 0 Å². The highest BCUT2D eigenvalue weighted by atomic mass is 79.9. The van der Waals surface area contributed by atoms with Crippen LogP contribution in [0.5, 0.6) is 0 Å². The van der Waals surface area contributed by atoms with Crippen molar-refractivity contribution in [1.29, 1.82) is 0 Å². The van der Waals surface area contributed by atoms with Crippen molar-refractivity contribution in [3.63, 3.8) is 0 Å². The first-order valence-corrected chi connectivity index (χ1v) is 6.59. The summed E-state index contributed by atoms with van der Waals surface area (Å²) in [6.45, 7) is 2.48. The highest BCUT2D eigenvalue weighted by molar-refractivity contribution is 9.10. The minimum absolute atomic E-state index is 0.317. The van der Waals surface area contributed by atoms with Gasteiger partial charge in [-0.2, -0.15) is 0 Å². The lowest BCUT2D eigenvalue weighted by Gasteiger charge is -2.11. The Labute approximate surface area is 109 Å². The summed E-state index contributed by atoms with van der Waals surface area (Å²) in [5.74, 6) is 0. The Bertz CT molecular complexity index is 572. The van der Waals surface area contributed by atoms with Gasteiger partial charge in [0.15, 0.2) is 0 Å². The fourth-order valence-electron chi connectivity index (χ4n) is 2.55. The van der Waals surface area contributed by atoms with E-state index in [9.17, 15) is 5.11 Å². The summed E-state index contributed by atoms with van der Waals surface area (Å²) in [4.78, 5) is 0. The lowest BCUT2D eigenvalue weighted by Crippen LogP contribution is -2.11. The van der Waals surface area contributed by atoms with Crippen molar-refractivity contribution in [3.8, 4) is 11.3 Å². The molecule has 2 nitrogen and oxygen atoms in total. The van der Waals surface area contributed by atoms with Gasteiger partial charge in [-0.15, -0.1) is 0 Å². The van der Waals surface area contributed by atoms with E-state index in [2.05, 4.69) is 51.0 Å². The third kappa shape index (κ3) is 1.83. The Hall–Kier alpha value is -1.06. The fraction of sp³-hybridized carbons (Fsp3) is 0.286. The molecule has 1 unspecified atom stereocenters. The summed E-state index contributed by atoms with van der Waals surface area (Å²) in [7, 11) is 0. The molecule has 1 aromatic heterocycles. The van der Waals surface area contributed by atoms with E-state index in [1.807, 2.05) is 6.92 Å². The number of nitrogens with zero attached hydrogens (tertiary/aromatic N) is 1. The third-order valence-corrected chi connectivity index (χ3v) is 3.71. The molecule has 0 amide bonds. The summed E-state index contributed by atoms with van der Waals surface area (Å²) >= 11 is 3.52. The van der Waals surface area contributed by atoms with Gasteiger partial charge in [-0.3, -0.25) is 0 Å². The van der Waals surface area contributed by atoms with Crippen molar-refractivity contribution in [2.24, 2.45) is 0 Å². The van der Waals surface area contributed by atoms with E-state index < -0.39 is 0 Å². The van der Waals surface area contributed by atoms with Gasteiger partial charge in [0, 0.05) is 29.2 Å². The predicted octanol–water partition coefficient (Wildman–Crippen LogP) is 3.20. The molecule has 3 rings (SSSR count). The molecule has 1 atom stereocenters. The monoisotopic (exact) mass is 291 g/mol. The number of aliphatic hydroxyl groups is 1. The maximum absolute atomic E-state index is 9.53. The van der Waals surface area contributed by atoms with Gasteiger partial charge in [-0.25, -0.2) is 0 Å². The van der Waals surface area contributed by atoms with Crippen molar-refractivity contribution in [2.75, 3.05) is 0 Å². The highest BCUT2D eigenvalue weighted by Crippen LogP contribution is 2.38. The Kier molecular flexibility index (Phi) is 2.60. The Morgan fingerprint density at radius 2 is 2.18 bits per heavy atom. The number of hydrogen-bond acceptors (Lipinski definition) is 1. The molecule has 2 aromatic rings. The first-order chi connectivity index (χ1) is 8.15. The van der Waals surface area contributed by atoms with E-state index in [0.717, 1.165) is 10.9 Å². The second kappa shape index (κ2) is 4.00. The van der Waals surface area contributed by atoms with E-state index in [4.69, 9.17) is 0 Å². The average molecular weight is 292 g/mol. The SMILES string of the molecule is CC(O)Cn1ccc2c1-c1cc(Br)ccc1C2. The lowest BCUT2D eigenvalue weighted by molar-refractivity contribution is 0.174. The number of halogens is 1. The number of aromatic nitrogens is 1. The molecule has 1 aromatic carbocycles. The highest BCUT2D eigenvalue weighted by Gasteiger charge is 2.22. The van der Waals surface area contributed by atoms with Crippen molar-refractivity contribution in [1.82, 2.24) is 4.57 Å². The topological polar surface area (TPSA) is 25.2 Å². The molecule has 3 heteroatoms. The molecule has 1 aliphatic carbocycles. The van der Waals surface area contributed by atoms with Gasteiger partial charge >= 0.3 is 0 Å². The molecule has 0 bridgehead atoms. The zero-order valence-corrected chi connectivity index (χ0v) is 11.2. The van der Waals surface area contributed by atoms with E-state index in [1.165, 1.54) is 22.4 Å². The standard InChI is InChI=1S/C14H14BrNO/c1-9(17)8-16-5-4-11-6-10-2-3-12(15)7-13(10)14(11)16/h2-5,7,9,17H,6,8H2,1H3. The molecule has 0 radical (unpaired) electrons. The normalized spacial score (nSPS) is 14.5. The molecule has 0 saturated carbocycles. The van der Waals surface area contributed by atoms with Crippen LogP contribution in [-0.2, 0) is 13.0 Å². The summed E-state index contributed by atoms with van der Waals surface area (Å²) in [5.41, 5.74) is 5.29. The van der Waals surface area contributed by atoms with Crippen LogP contribution in [0.1, 0.15) is 18.1 Å². The van der Waals surface area contributed by atoms with Crippen molar-refractivity contribution in [2.45, 2.75) is 26.0 Å². The Morgan fingerprint density at radius 1 is 1.35 bits per heavy atom. The van der Waals surface area contributed by atoms with Crippen LogP contribution in [0.4, 0.5) is 0 Å². The second-order valence-corrected chi connectivity index (χ2v) is 5.58. The van der Waals surface area contributed by atoms with Crippen LogP contribution in [0, 0.1) is 0 Å². The largest absolute Gasteiger partial charge is 0.392 e. The fourth-order valence-corrected chi connectivity index (χ4v) is 2.91. The summed E-state index contributed by atoms with van der Waals surface area (Å²) in [5, 5.41) is 9.53. The first-order valence-electron chi connectivity index (χ1n) is 5.80. The van der Waals surface area contributed by atoms with Crippen molar-refractivity contribution < 1.29 is 5.11 Å². The van der Waals surface area contributed by atoms with Crippen molar-refractivity contribution in [3.05, 3.63) is 46.1 Å². The minimum Gasteiger partial charge on any atom is -0.392 e. The van der Waals surface area contributed by atoms with Crippen LogP contribution in [0.25, 0.3) is 11.3 Å². The molecule has 0 aliphatic heterocycles.